The van der Waals surface area contributed by atoms with Crippen LogP contribution in [0.5, 0.6) is 5.75 Å². The van der Waals surface area contributed by atoms with Crippen molar-refractivity contribution in [2.45, 2.75) is 51.2 Å². The summed E-state index contributed by atoms with van der Waals surface area (Å²) in [6.07, 6.45) is 4.70. The maximum Gasteiger partial charge on any atom is 0.261 e. The highest BCUT2D eigenvalue weighted by atomic mass is 32.1. The summed E-state index contributed by atoms with van der Waals surface area (Å²) in [6, 6.07) is 4.35. The van der Waals surface area contributed by atoms with E-state index in [4.69, 9.17) is 4.74 Å². The monoisotopic (exact) mass is 501 g/mol. The molecule has 0 spiro atoms. The Balaban J connectivity index is 1.55. The number of amides is 1. The lowest BCUT2D eigenvalue weighted by Gasteiger charge is -2.27. The third kappa shape index (κ3) is 6.25. The van der Waals surface area contributed by atoms with E-state index in [0.717, 1.165) is 23.9 Å². The van der Waals surface area contributed by atoms with Crippen LogP contribution in [0.2, 0.25) is 0 Å². The lowest BCUT2D eigenvalue weighted by atomic mass is 9.95. The van der Waals surface area contributed by atoms with Gasteiger partial charge in [-0.25, -0.2) is 14.4 Å². The largest absolute Gasteiger partial charge is 0.488 e. The lowest BCUT2D eigenvalue weighted by molar-refractivity contribution is 0.0668. The Bertz CT molecular complexity index is 1180. The van der Waals surface area contributed by atoms with Crippen molar-refractivity contribution in [1.29, 1.82) is 0 Å². The molecule has 3 aromatic rings. The maximum absolute atomic E-state index is 14.1. The number of hydrogen-bond acceptors (Lipinski definition) is 8. The number of halogens is 1. The van der Waals surface area contributed by atoms with Crippen LogP contribution in [0.3, 0.4) is 0 Å². The minimum atomic E-state index is -0.394. The molecule has 0 aliphatic heterocycles. The van der Waals surface area contributed by atoms with Gasteiger partial charge in [0.1, 0.15) is 28.5 Å². The van der Waals surface area contributed by atoms with E-state index >= 15 is 0 Å². The Morgan fingerprint density at radius 1 is 1.26 bits per heavy atom. The number of aliphatic hydroxyl groups is 1. The topological polar surface area (TPSA) is 99.6 Å². The van der Waals surface area contributed by atoms with Crippen LogP contribution < -0.4 is 15.4 Å². The van der Waals surface area contributed by atoms with Gasteiger partial charge in [-0.2, -0.15) is 0 Å². The molecule has 0 saturated heterocycles. The second-order valence-corrected chi connectivity index (χ2v) is 10.2. The van der Waals surface area contributed by atoms with E-state index in [1.807, 2.05) is 21.0 Å². The Hall–Kier alpha value is -2.82. The molecule has 0 radical (unpaired) electrons. The molecule has 1 aliphatic rings. The Morgan fingerprint density at radius 3 is 2.77 bits per heavy atom. The first kappa shape index (κ1) is 25.3. The van der Waals surface area contributed by atoms with Crippen LogP contribution in [0.4, 0.5) is 15.9 Å². The molecule has 188 valence electrons. The van der Waals surface area contributed by atoms with E-state index in [1.165, 1.54) is 29.8 Å². The van der Waals surface area contributed by atoms with Crippen molar-refractivity contribution < 1.29 is 19.0 Å². The van der Waals surface area contributed by atoms with Crippen LogP contribution in [-0.2, 0) is 0 Å². The summed E-state index contributed by atoms with van der Waals surface area (Å²) < 4.78 is 20.2. The van der Waals surface area contributed by atoms with E-state index < -0.39 is 5.82 Å². The van der Waals surface area contributed by atoms with Crippen LogP contribution in [0.1, 0.15) is 47.3 Å². The molecule has 2 aromatic heterocycles. The molecule has 0 unspecified atom stereocenters. The number of aliphatic hydroxyl groups excluding tert-OH is 1. The number of nitrogens with one attached hydrogen (secondary N) is 2. The van der Waals surface area contributed by atoms with Crippen molar-refractivity contribution in [3.05, 3.63) is 40.8 Å². The third-order valence-corrected chi connectivity index (χ3v) is 7.33. The molecule has 3 N–H and O–H groups in total. The fraction of sp³-hybridized carbons (Fsp3) is 0.480. The zero-order chi connectivity index (χ0) is 24.9. The predicted molar refractivity (Wildman–Crippen MR) is 136 cm³/mol. The fourth-order valence-corrected chi connectivity index (χ4v) is 5.29. The number of rotatable bonds is 9. The van der Waals surface area contributed by atoms with Crippen molar-refractivity contribution in [1.82, 2.24) is 20.2 Å². The molecular formula is C25H32FN5O3S. The zero-order valence-electron chi connectivity index (χ0n) is 20.3. The van der Waals surface area contributed by atoms with Gasteiger partial charge in [0.2, 0.25) is 0 Å². The van der Waals surface area contributed by atoms with E-state index in [-0.39, 0.29) is 18.1 Å². The third-order valence-electron chi connectivity index (χ3n) is 6.13. The molecule has 0 bridgehead atoms. The molecule has 1 aliphatic carbocycles. The van der Waals surface area contributed by atoms with Crippen molar-refractivity contribution in [3.63, 3.8) is 0 Å². The minimum Gasteiger partial charge on any atom is -0.488 e. The molecule has 8 nitrogen and oxygen atoms in total. The average Bonchev–Trinajstić information content (AvgIpc) is 3.17. The highest BCUT2D eigenvalue weighted by Gasteiger charge is 2.23. The smallest absolute Gasteiger partial charge is 0.261 e. The van der Waals surface area contributed by atoms with Gasteiger partial charge in [-0.1, -0.05) is 0 Å². The number of anilines is 2. The highest BCUT2D eigenvalue weighted by molar-refractivity contribution is 7.20. The standard InChI is InChI=1S/C25H32FN5O3S/c1-15-21-23(28-14-29-25(21)35-22(15)24(33)27-11-4-12-31(2)3)30-19-10-5-16(26)13-20(19)34-18-8-6-17(32)7-9-18/h5,10,13-14,17-18,32H,4,6-9,11-12H2,1-3H3,(H,27,33)(H,28,29,30)/t17-,18+. The summed E-state index contributed by atoms with van der Waals surface area (Å²) in [7, 11) is 4.00. The number of aryl methyl sites for hydroxylation is 1. The fourth-order valence-electron chi connectivity index (χ4n) is 4.23. The molecule has 4 rings (SSSR count). The first-order valence-corrected chi connectivity index (χ1v) is 12.7. The van der Waals surface area contributed by atoms with Crippen LogP contribution >= 0.6 is 11.3 Å². The van der Waals surface area contributed by atoms with Crippen LogP contribution in [0.15, 0.2) is 24.5 Å². The van der Waals surface area contributed by atoms with Gasteiger partial charge in [0.05, 0.1) is 28.2 Å². The number of fused-ring (bicyclic) bond motifs is 1. The van der Waals surface area contributed by atoms with Crippen molar-refractivity contribution >= 4 is 39.0 Å². The Kier molecular flexibility index (Phi) is 8.15. The van der Waals surface area contributed by atoms with Gasteiger partial charge < -0.3 is 25.4 Å². The van der Waals surface area contributed by atoms with E-state index in [2.05, 4.69) is 25.5 Å². The second kappa shape index (κ2) is 11.3. The van der Waals surface area contributed by atoms with Crippen LogP contribution in [0.25, 0.3) is 10.2 Å². The second-order valence-electron chi connectivity index (χ2n) is 9.19. The normalized spacial score (nSPS) is 18.1. The van der Waals surface area contributed by atoms with Crippen molar-refractivity contribution in [2.75, 3.05) is 32.5 Å². The van der Waals surface area contributed by atoms with Crippen LogP contribution in [0, 0.1) is 12.7 Å². The number of thiophene rings is 1. The van der Waals surface area contributed by atoms with Gasteiger partial charge in [0.25, 0.3) is 5.91 Å². The molecule has 1 fully saturated rings. The molecular weight excluding hydrogens is 469 g/mol. The van der Waals surface area contributed by atoms with Crippen molar-refractivity contribution in [2.24, 2.45) is 0 Å². The molecule has 1 aromatic carbocycles. The highest BCUT2D eigenvalue weighted by Crippen LogP contribution is 2.37. The van der Waals surface area contributed by atoms with Gasteiger partial charge >= 0.3 is 0 Å². The number of carbonyl (C=O) groups is 1. The summed E-state index contributed by atoms with van der Waals surface area (Å²) in [4.78, 5) is 25.0. The van der Waals surface area contributed by atoms with Gasteiger partial charge in [-0.15, -0.1) is 11.3 Å². The minimum absolute atomic E-state index is 0.0863. The van der Waals surface area contributed by atoms with Crippen LogP contribution in [-0.4, -0.2) is 65.3 Å². The lowest BCUT2D eigenvalue weighted by Crippen LogP contribution is -2.26. The number of benzene rings is 1. The molecule has 35 heavy (non-hydrogen) atoms. The number of hydrogen-bond donors (Lipinski definition) is 3. The average molecular weight is 502 g/mol. The molecule has 1 saturated carbocycles. The summed E-state index contributed by atoms with van der Waals surface area (Å²) in [5.74, 6) is 0.408. The summed E-state index contributed by atoms with van der Waals surface area (Å²) in [5, 5.41) is 16.8. The van der Waals surface area contributed by atoms with Gasteiger partial charge in [-0.05, 0) is 77.4 Å². The predicted octanol–water partition coefficient (Wildman–Crippen LogP) is 4.25. The number of carbonyl (C=O) groups excluding carboxylic acids is 1. The number of ether oxygens (including phenoxy) is 1. The maximum atomic E-state index is 14.1. The molecule has 2 heterocycles. The first-order chi connectivity index (χ1) is 16.8. The number of aromatic nitrogens is 2. The Labute approximate surface area is 208 Å². The van der Waals surface area contributed by atoms with E-state index in [9.17, 15) is 14.3 Å². The summed E-state index contributed by atoms with van der Waals surface area (Å²) >= 11 is 1.33. The van der Waals surface area contributed by atoms with Gasteiger partial charge in [-0.3, -0.25) is 4.79 Å². The zero-order valence-corrected chi connectivity index (χ0v) is 21.1. The molecule has 10 heteroatoms. The SMILES string of the molecule is Cc1c(C(=O)NCCCN(C)C)sc2ncnc(Nc3ccc(F)cc3O[C@H]3CC[C@@H](O)CC3)c12. The molecule has 0 atom stereocenters. The van der Waals surface area contributed by atoms with Crippen molar-refractivity contribution in [3.8, 4) is 5.75 Å². The van der Waals surface area contributed by atoms with E-state index in [0.29, 0.717) is 59.2 Å². The molecule has 1 amide bonds. The Morgan fingerprint density at radius 2 is 2.03 bits per heavy atom. The summed E-state index contributed by atoms with van der Waals surface area (Å²) in [6.45, 7) is 3.38. The van der Waals surface area contributed by atoms with Gasteiger partial charge in [0.15, 0.2) is 0 Å². The summed E-state index contributed by atoms with van der Waals surface area (Å²) in [5.41, 5.74) is 1.38. The first-order valence-electron chi connectivity index (χ1n) is 11.9. The quantitative estimate of drug-likeness (QED) is 0.377. The van der Waals surface area contributed by atoms with Gasteiger partial charge in [0, 0.05) is 12.6 Å². The van der Waals surface area contributed by atoms with E-state index in [1.54, 1.807) is 6.07 Å². The number of nitrogens with zero attached hydrogens (tertiary/aromatic N) is 3.